The summed E-state index contributed by atoms with van der Waals surface area (Å²) >= 11 is 4.70. The van der Waals surface area contributed by atoms with E-state index in [2.05, 4.69) is 15.5 Å². The fraction of sp³-hybridized carbons (Fsp3) is 0.333. The van der Waals surface area contributed by atoms with Crippen molar-refractivity contribution in [1.29, 1.82) is 0 Å². The predicted molar refractivity (Wildman–Crippen MR) is 130 cm³/mol. The molecule has 1 N–H and O–H groups in total. The van der Waals surface area contributed by atoms with Gasteiger partial charge in [0, 0.05) is 6.54 Å². The van der Waals surface area contributed by atoms with E-state index in [4.69, 9.17) is 26.3 Å². The van der Waals surface area contributed by atoms with Gasteiger partial charge >= 0.3 is 13.2 Å². The van der Waals surface area contributed by atoms with Gasteiger partial charge in [0.05, 0.1) is 22.1 Å². The van der Waals surface area contributed by atoms with Crippen molar-refractivity contribution in [3.05, 3.63) is 71.2 Å². The molecule has 0 bridgehead atoms. The van der Waals surface area contributed by atoms with Crippen molar-refractivity contribution in [3.63, 3.8) is 0 Å². The van der Waals surface area contributed by atoms with Gasteiger partial charge in [0.25, 0.3) is 0 Å². The standard InChI is InChI=1S/C24H27BN2O4S/c1-23(2)24(3,4)31-25(30-23)20(13-19-11-8-12-21(14-19)27-17-32)15-26-22(28)29-16-18-9-6-5-7-10-18/h5-14H,15-16H2,1-4H3,(H,26,28). The van der Waals surface area contributed by atoms with E-state index in [1.807, 2.05) is 88.4 Å². The summed E-state index contributed by atoms with van der Waals surface area (Å²) in [5, 5.41) is 5.18. The highest BCUT2D eigenvalue weighted by Crippen LogP contribution is 2.38. The summed E-state index contributed by atoms with van der Waals surface area (Å²) in [4.78, 5) is 16.3. The molecule has 3 rings (SSSR count). The maximum Gasteiger partial charge on any atom is 0.492 e. The average Bonchev–Trinajstić information content (AvgIpc) is 2.97. The van der Waals surface area contributed by atoms with E-state index in [1.54, 1.807) is 0 Å². The molecule has 0 radical (unpaired) electrons. The van der Waals surface area contributed by atoms with Crippen LogP contribution in [0, 0.1) is 0 Å². The zero-order valence-electron chi connectivity index (χ0n) is 18.8. The molecule has 1 aliphatic heterocycles. The first-order chi connectivity index (χ1) is 15.2. The number of carbonyl (C=O) groups excluding carboxylic acids is 1. The van der Waals surface area contributed by atoms with Gasteiger partial charge in [-0.15, -0.1) is 0 Å². The number of alkyl carbamates (subject to hydrolysis) is 1. The van der Waals surface area contributed by atoms with Crippen LogP contribution in [-0.2, 0) is 20.7 Å². The monoisotopic (exact) mass is 450 g/mol. The molecular formula is C24H27BN2O4S. The molecule has 0 spiro atoms. The summed E-state index contributed by atoms with van der Waals surface area (Å²) in [7, 11) is -0.618. The van der Waals surface area contributed by atoms with Gasteiger partial charge in [0.2, 0.25) is 0 Å². The van der Waals surface area contributed by atoms with Crippen LogP contribution in [0.15, 0.2) is 65.1 Å². The Kier molecular flexibility index (Phi) is 7.64. The molecule has 1 heterocycles. The molecule has 166 valence electrons. The smallest absolute Gasteiger partial charge is 0.445 e. The lowest BCUT2D eigenvalue weighted by Gasteiger charge is -2.32. The van der Waals surface area contributed by atoms with Gasteiger partial charge in [0.1, 0.15) is 6.61 Å². The number of hydrogen-bond acceptors (Lipinski definition) is 6. The second kappa shape index (κ2) is 10.2. The normalized spacial score (nSPS) is 16.9. The molecule has 1 fully saturated rings. The number of nitrogens with zero attached hydrogens (tertiary/aromatic N) is 1. The van der Waals surface area contributed by atoms with Crippen molar-refractivity contribution in [2.75, 3.05) is 6.54 Å². The second-order valence-corrected chi connectivity index (χ2v) is 8.70. The third-order valence-corrected chi connectivity index (χ3v) is 5.69. The van der Waals surface area contributed by atoms with Gasteiger partial charge in [-0.25, -0.2) is 4.79 Å². The zero-order chi connectivity index (χ0) is 23.2. The first-order valence-corrected chi connectivity index (χ1v) is 10.8. The molecule has 0 saturated carbocycles. The van der Waals surface area contributed by atoms with E-state index < -0.39 is 24.4 Å². The topological polar surface area (TPSA) is 69.2 Å². The van der Waals surface area contributed by atoms with Gasteiger partial charge in [-0.1, -0.05) is 48.5 Å². The van der Waals surface area contributed by atoms with Crippen molar-refractivity contribution in [1.82, 2.24) is 5.32 Å². The van der Waals surface area contributed by atoms with Crippen LogP contribution in [0.1, 0.15) is 38.8 Å². The van der Waals surface area contributed by atoms with Gasteiger partial charge < -0.3 is 19.4 Å². The van der Waals surface area contributed by atoms with E-state index >= 15 is 0 Å². The van der Waals surface area contributed by atoms with Crippen LogP contribution in [0.4, 0.5) is 10.5 Å². The maximum atomic E-state index is 12.3. The minimum Gasteiger partial charge on any atom is -0.445 e. The number of rotatable bonds is 7. The number of aliphatic imine (C=N–C) groups is 1. The third kappa shape index (κ3) is 6.14. The molecule has 8 heteroatoms. The lowest BCUT2D eigenvalue weighted by molar-refractivity contribution is 0.00578. The first kappa shape index (κ1) is 23.9. The number of hydrogen-bond donors (Lipinski definition) is 1. The van der Waals surface area contributed by atoms with Crippen molar-refractivity contribution in [2.24, 2.45) is 4.99 Å². The summed E-state index contributed by atoms with van der Waals surface area (Å²) in [6, 6.07) is 17.0. The molecule has 1 aliphatic rings. The third-order valence-electron chi connectivity index (χ3n) is 5.60. The summed E-state index contributed by atoms with van der Waals surface area (Å²) in [5.41, 5.74) is 2.23. The van der Waals surface area contributed by atoms with Gasteiger partial charge in [-0.3, -0.25) is 0 Å². The largest absolute Gasteiger partial charge is 0.492 e. The molecule has 1 amide bonds. The lowest BCUT2D eigenvalue weighted by Crippen LogP contribution is -2.41. The Balaban J connectivity index is 1.76. The Morgan fingerprint density at radius 3 is 2.47 bits per heavy atom. The van der Waals surface area contributed by atoms with Crippen molar-refractivity contribution < 1.29 is 18.8 Å². The molecule has 0 unspecified atom stereocenters. The molecule has 1 saturated heterocycles. The van der Waals surface area contributed by atoms with Gasteiger partial charge in [0.15, 0.2) is 0 Å². The summed E-state index contributed by atoms with van der Waals surface area (Å²) in [6.07, 6.45) is 1.40. The maximum absolute atomic E-state index is 12.3. The molecule has 2 aromatic carbocycles. The Morgan fingerprint density at radius 2 is 1.81 bits per heavy atom. The van der Waals surface area contributed by atoms with Crippen LogP contribution in [-0.4, -0.2) is 36.1 Å². The van der Waals surface area contributed by atoms with Crippen molar-refractivity contribution >= 4 is 42.4 Å². The minimum absolute atomic E-state index is 0.194. The highest BCUT2D eigenvalue weighted by Gasteiger charge is 2.52. The number of amides is 1. The highest BCUT2D eigenvalue weighted by atomic mass is 32.1. The number of carbonyl (C=O) groups is 1. The lowest BCUT2D eigenvalue weighted by atomic mass is 9.77. The van der Waals surface area contributed by atoms with Crippen LogP contribution >= 0.6 is 12.2 Å². The Bertz CT molecular complexity index is 1020. The van der Waals surface area contributed by atoms with Crippen LogP contribution in [0.5, 0.6) is 0 Å². The highest BCUT2D eigenvalue weighted by molar-refractivity contribution is 7.78. The van der Waals surface area contributed by atoms with Crippen LogP contribution in [0.25, 0.3) is 6.08 Å². The molecule has 0 atom stereocenters. The summed E-state index contributed by atoms with van der Waals surface area (Å²) in [6.45, 7) is 8.34. The number of ether oxygens (including phenoxy) is 1. The summed E-state index contributed by atoms with van der Waals surface area (Å²) in [5.74, 6) is 0. The fourth-order valence-corrected chi connectivity index (χ4v) is 3.20. The Labute approximate surface area is 194 Å². The van der Waals surface area contributed by atoms with Crippen LogP contribution < -0.4 is 5.32 Å². The first-order valence-electron chi connectivity index (χ1n) is 10.4. The number of benzene rings is 2. The average molecular weight is 450 g/mol. The van der Waals surface area contributed by atoms with E-state index in [1.165, 1.54) is 0 Å². The van der Waals surface area contributed by atoms with E-state index in [9.17, 15) is 4.79 Å². The van der Waals surface area contributed by atoms with Crippen molar-refractivity contribution in [3.8, 4) is 0 Å². The number of nitrogens with one attached hydrogen (secondary N) is 1. The summed E-state index contributed by atoms with van der Waals surface area (Å²) < 4.78 is 17.7. The van der Waals surface area contributed by atoms with Crippen molar-refractivity contribution in [2.45, 2.75) is 45.5 Å². The molecule has 0 aromatic heterocycles. The van der Waals surface area contributed by atoms with Gasteiger partial charge in [-0.2, -0.15) is 4.99 Å². The molecule has 32 heavy (non-hydrogen) atoms. The van der Waals surface area contributed by atoms with Crippen LogP contribution in [0.3, 0.4) is 0 Å². The van der Waals surface area contributed by atoms with E-state index in [0.717, 1.165) is 16.6 Å². The predicted octanol–water partition coefficient (Wildman–Crippen LogP) is 5.36. The minimum atomic E-state index is -0.618. The SMILES string of the molecule is CC1(C)OB(C(=Cc2cccc(N=C=S)c2)CNC(=O)OCc2ccccc2)OC1(C)C. The number of thiocarbonyl (C=S) groups is 1. The van der Waals surface area contributed by atoms with Gasteiger partial charge in [-0.05, 0) is 68.6 Å². The van der Waals surface area contributed by atoms with Crippen LogP contribution in [0.2, 0.25) is 0 Å². The Morgan fingerprint density at radius 1 is 1.12 bits per heavy atom. The molecular weight excluding hydrogens is 423 g/mol. The Hall–Kier alpha value is -2.77. The van der Waals surface area contributed by atoms with E-state index in [-0.39, 0.29) is 13.2 Å². The number of isothiocyanates is 1. The molecule has 6 nitrogen and oxygen atoms in total. The zero-order valence-corrected chi connectivity index (χ0v) is 19.6. The van der Waals surface area contributed by atoms with E-state index in [0.29, 0.717) is 5.69 Å². The molecule has 2 aromatic rings. The second-order valence-electron chi connectivity index (χ2n) is 8.52. The molecule has 0 aliphatic carbocycles. The fourth-order valence-electron chi connectivity index (χ4n) is 3.10. The quantitative estimate of drug-likeness (QED) is 0.349.